The summed E-state index contributed by atoms with van der Waals surface area (Å²) >= 11 is 0. The van der Waals surface area contributed by atoms with Gasteiger partial charge in [-0.3, -0.25) is 9.69 Å². The van der Waals surface area contributed by atoms with Crippen molar-refractivity contribution in [1.82, 2.24) is 9.80 Å². The highest BCUT2D eigenvalue weighted by atomic mass is 19.4. The minimum atomic E-state index is -4.69. The van der Waals surface area contributed by atoms with Crippen LogP contribution in [0.4, 0.5) is 13.2 Å². The first kappa shape index (κ1) is 21.1. The van der Waals surface area contributed by atoms with Crippen molar-refractivity contribution in [3.63, 3.8) is 0 Å². The normalized spacial score (nSPS) is 15.4. The predicted octanol–water partition coefficient (Wildman–Crippen LogP) is 3.69. The van der Waals surface area contributed by atoms with Gasteiger partial charge in [0.1, 0.15) is 5.75 Å². The van der Waals surface area contributed by atoms with Gasteiger partial charge in [0.2, 0.25) is 0 Å². The molecule has 3 rings (SSSR count). The predicted molar refractivity (Wildman–Crippen MR) is 101 cm³/mol. The molecule has 1 saturated heterocycles. The number of hydrogen-bond donors (Lipinski definition) is 0. The Morgan fingerprint density at radius 3 is 2.31 bits per heavy atom. The first-order chi connectivity index (χ1) is 13.8. The molecule has 2 aromatic carbocycles. The van der Waals surface area contributed by atoms with Crippen LogP contribution in [0, 0.1) is 0 Å². The Hall–Kier alpha value is -2.58. The third-order valence-electron chi connectivity index (χ3n) is 4.71. The molecule has 8 heteroatoms. The van der Waals surface area contributed by atoms with Crippen molar-refractivity contribution in [2.45, 2.75) is 19.5 Å². The number of rotatable bonds is 6. The summed E-state index contributed by atoms with van der Waals surface area (Å²) in [5.41, 5.74) is 2.50. The molecule has 0 radical (unpaired) electrons. The van der Waals surface area contributed by atoms with E-state index in [0.29, 0.717) is 44.9 Å². The fourth-order valence-corrected chi connectivity index (χ4v) is 3.31. The molecule has 2 aromatic rings. The summed E-state index contributed by atoms with van der Waals surface area (Å²) in [6, 6.07) is 13.3. The molecule has 0 spiro atoms. The first-order valence-electron chi connectivity index (χ1n) is 9.28. The maximum absolute atomic E-state index is 12.7. The number of hydrogen-bond acceptors (Lipinski definition) is 4. The maximum Gasteiger partial charge on any atom is 0.573 e. The third kappa shape index (κ3) is 6.20. The zero-order valence-corrected chi connectivity index (χ0v) is 16.1. The zero-order chi connectivity index (χ0) is 20.9. The molecule has 0 aromatic heterocycles. The molecule has 1 amide bonds. The van der Waals surface area contributed by atoms with Crippen molar-refractivity contribution in [3.8, 4) is 5.75 Å². The molecular weight excluding hydrogens is 385 g/mol. The minimum absolute atomic E-state index is 0.00347. The second kappa shape index (κ2) is 9.28. The summed E-state index contributed by atoms with van der Waals surface area (Å²) < 4.78 is 45.7. The molecule has 1 fully saturated rings. The average Bonchev–Trinajstić information content (AvgIpc) is 2.69. The summed E-state index contributed by atoms with van der Waals surface area (Å²) in [5, 5.41) is 0. The Kier molecular flexibility index (Phi) is 6.76. The number of ether oxygens (including phenoxy) is 2. The van der Waals surface area contributed by atoms with Gasteiger partial charge in [-0.2, -0.15) is 0 Å². The van der Waals surface area contributed by atoms with E-state index in [1.54, 1.807) is 25.3 Å². The summed E-state index contributed by atoms with van der Waals surface area (Å²) in [7, 11) is 1.62. The molecule has 0 bridgehead atoms. The Bertz CT molecular complexity index is 817. The average molecular weight is 408 g/mol. The van der Waals surface area contributed by atoms with Crippen molar-refractivity contribution < 1.29 is 27.4 Å². The molecule has 29 heavy (non-hydrogen) atoms. The standard InChI is InChI=1S/C21H23F3N2O3/c1-28-15-17-3-2-4-18(13-17)20(27)26-11-9-25(10-12-26)14-16-5-7-19(8-6-16)29-21(22,23)24/h2-8,13H,9-12,14-15H2,1H3. The van der Waals surface area contributed by atoms with Crippen LogP contribution >= 0.6 is 0 Å². The van der Waals surface area contributed by atoms with Crippen LogP contribution in [-0.4, -0.2) is 55.4 Å². The van der Waals surface area contributed by atoms with Gasteiger partial charge in [-0.25, -0.2) is 0 Å². The van der Waals surface area contributed by atoms with Crippen molar-refractivity contribution >= 4 is 5.91 Å². The van der Waals surface area contributed by atoms with Crippen molar-refractivity contribution in [2.75, 3.05) is 33.3 Å². The van der Waals surface area contributed by atoms with Gasteiger partial charge in [-0.15, -0.1) is 13.2 Å². The van der Waals surface area contributed by atoms with E-state index >= 15 is 0 Å². The largest absolute Gasteiger partial charge is 0.573 e. The molecule has 0 aliphatic carbocycles. The van der Waals surface area contributed by atoms with Gasteiger partial charge >= 0.3 is 6.36 Å². The van der Waals surface area contributed by atoms with Crippen LogP contribution < -0.4 is 4.74 Å². The van der Waals surface area contributed by atoms with E-state index in [4.69, 9.17) is 4.74 Å². The Labute approximate surface area is 167 Å². The topological polar surface area (TPSA) is 42.0 Å². The lowest BCUT2D eigenvalue weighted by Gasteiger charge is -2.35. The van der Waals surface area contributed by atoms with Gasteiger partial charge < -0.3 is 14.4 Å². The summed E-state index contributed by atoms with van der Waals surface area (Å²) in [6.45, 7) is 3.67. The number of alkyl halides is 3. The molecule has 5 nitrogen and oxygen atoms in total. The van der Waals surface area contributed by atoms with Crippen LogP contribution in [0.25, 0.3) is 0 Å². The fourth-order valence-electron chi connectivity index (χ4n) is 3.31. The monoisotopic (exact) mass is 408 g/mol. The Morgan fingerprint density at radius 2 is 1.69 bits per heavy atom. The summed E-state index contributed by atoms with van der Waals surface area (Å²) in [4.78, 5) is 16.7. The Balaban J connectivity index is 1.51. The highest BCUT2D eigenvalue weighted by Crippen LogP contribution is 2.23. The maximum atomic E-state index is 12.7. The number of nitrogens with zero attached hydrogens (tertiary/aromatic N) is 2. The fraction of sp³-hybridized carbons (Fsp3) is 0.381. The van der Waals surface area contributed by atoms with E-state index in [0.717, 1.165) is 11.1 Å². The number of carbonyl (C=O) groups is 1. The summed E-state index contributed by atoms with van der Waals surface area (Å²) in [6.07, 6.45) is -4.69. The first-order valence-corrected chi connectivity index (χ1v) is 9.28. The van der Waals surface area contributed by atoms with Gasteiger partial charge in [0, 0.05) is 45.4 Å². The number of halogens is 3. The van der Waals surface area contributed by atoms with Gasteiger partial charge in [-0.1, -0.05) is 24.3 Å². The van der Waals surface area contributed by atoms with E-state index in [1.807, 2.05) is 23.1 Å². The number of amides is 1. The number of benzene rings is 2. The molecule has 156 valence electrons. The van der Waals surface area contributed by atoms with E-state index in [-0.39, 0.29) is 11.7 Å². The smallest absolute Gasteiger partial charge is 0.406 e. The lowest BCUT2D eigenvalue weighted by atomic mass is 10.1. The second-order valence-electron chi connectivity index (χ2n) is 6.89. The SMILES string of the molecule is COCc1cccc(C(=O)N2CCN(Cc3ccc(OC(F)(F)F)cc3)CC2)c1. The third-order valence-corrected chi connectivity index (χ3v) is 4.71. The van der Waals surface area contributed by atoms with Gasteiger partial charge in [0.05, 0.1) is 6.61 Å². The van der Waals surface area contributed by atoms with E-state index < -0.39 is 6.36 Å². The van der Waals surface area contributed by atoms with E-state index in [9.17, 15) is 18.0 Å². The number of carbonyl (C=O) groups excluding carboxylic acids is 1. The number of piperazine rings is 1. The molecule has 1 aliphatic rings. The summed E-state index contributed by atoms with van der Waals surface area (Å²) in [5.74, 6) is -0.233. The second-order valence-corrected chi connectivity index (χ2v) is 6.89. The van der Waals surface area contributed by atoms with Crippen LogP contribution in [0.5, 0.6) is 5.75 Å². The molecule has 0 unspecified atom stereocenters. The lowest BCUT2D eigenvalue weighted by Crippen LogP contribution is -2.48. The molecular formula is C21H23F3N2O3. The molecule has 0 atom stereocenters. The highest BCUT2D eigenvalue weighted by Gasteiger charge is 2.31. The van der Waals surface area contributed by atoms with Crippen molar-refractivity contribution in [3.05, 3.63) is 65.2 Å². The van der Waals surface area contributed by atoms with Crippen molar-refractivity contribution in [2.24, 2.45) is 0 Å². The van der Waals surface area contributed by atoms with Crippen molar-refractivity contribution in [1.29, 1.82) is 0 Å². The molecule has 0 saturated carbocycles. The zero-order valence-electron chi connectivity index (χ0n) is 16.1. The van der Waals surface area contributed by atoms with Gasteiger partial charge in [-0.05, 0) is 35.4 Å². The molecule has 1 heterocycles. The highest BCUT2D eigenvalue weighted by molar-refractivity contribution is 5.94. The van der Waals surface area contributed by atoms with Crippen LogP contribution in [-0.2, 0) is 17.9 Å². The van der Waals surface area contributed by atoms with Gasteiger partial charge in [0.15, 0.2) is 0 Å². The van der Waals surface area contributed by atoms with Gasteiger partial charge in [0.25, 0.3) is 5.91 Å². The van der Waals surface area contributed by atoms with Crippen LogP contribution in [0.2, 0.25) is 0 Å². The Morgan fingerprint density at radius 1 is 1.00 bits per heavy atom. The van der Waals surface area contributed by atoms with Crippen LogP contribution in [0.3, 0.4) is 0 Å². The molecule has 1 aliphatic heterocycles. The van der Waals surface area contributed by atoms with Crippen LogP contribution in [0.15, 0.2) is 48.5 Å². The number of methoxy groups -OCH3 is 1. The van der Waals surface area contributed by atoms with E-state index in [1.165, 1.54) is 12.1 Å². The van der Waals surface area contributed by atoms with E-state index in [2.05, 4.69) is 9.64 Å². The van der Waals surface area contributed by atoms with Crippen LogP contribution in [0.1, 0.15) is 21.5 Å². The minimum Gasteiger partial charge on any atom is -0.406 e. The molecule has 0 N–H and O–H groups in total. The quantitative estimate of drug-likeness (QED) is 0.731. The lowest BCUT2D eigenvalue weighted by molar-refractivity contribution is -0.274.